The summed E-state index contributed by atoms with van der Waals surface area (Å²) in [5.74, 6) is 0. The highest BCUT2D eigenvalue weighted by molar-refractivity contribution is 6.13. The zero-order valence-corrected chi connectivity index (χ0v) is 15.4. The number of benzene rings is 1. The highest BCUT2D eigenvalue weighted by atomic mass is 15.0. The van der Waals surface area contributed by atoms with Crippen molar-refractivity contribution in [2.75, 3.05) is 5.32 Å². The van der Waals surface area contributed by atoms with Crippen LogP contribution in [-0.2, 0) is 5.41 Å². The molecular weight excluding hydrogens is 292 g/mol. The third-order valence-corrected chi connectivity index (χ3v) is 5.63. The highest BCUT2D eigenvalue weighted by Crippen LogP contribution is 2.42. The van der Waals surface area contributed by atoms with Crippen molar-refractivity contribution in [2.45, 2.75) is 46.1 Å². The van der Waals surface area contributed by atoms with Gasteiger partial charge in [-0.2, -0.15) is 0 Å². The molecule has 0 saturated carbocycles. The van der Waals surface area contributed by atoms with Crippen molar-refractivity contribution < 1.29 is 0 Å². The summed E-state index contributed by atoms with van der Waals surface area (Å²) in [4.78, 5) is 4.41. The zero-order valence-electron chi connectivity index (χ0n) is 15.4. The van der Waals surface area contributed by atoms with Crippen LogP contribution in [0.4, 0.5) is 5.69 Å². The van der Waals surface area contributed by atoms with Gasteiger partial charge in [0.05, 0.1) is 34.9 Å². The molecular formula is C22H27N2+. The molecule has 0 fully saturated rings. The number of aliphatic imine (C=N–C) groups is 1. The third kappa shape index (κ3) is 2.60. The summed E-state index contributed by atoms with van der Waals surface area (Å²) in [7, 11) is 0. The Morgan fingerprint density at radius 2 is 1.88 bits per heavy atom. The molecule has 2 aliphatic heterocycles. The number of fused-ring (bicyclic) bond motifs is 2. The van der Waals surface area contributed by atoms with Gasteiger partial charge >= 0.3 is 0 Å². The second-order valence-electron chi connectivity index (χ2n) is 7.83. The molecule has 1 aromatic carbocycles. The Bertz CT molecular complexity index is 760. The van der Waals surface area contributed by atoms with Crippen LogP contribution in [0.25, 0.3) is 0 Å². The average Bonchev–Trinajstić information content (AvgIpc) is 2.92. The molecule has 24 heavy (non-hydrogen) atoms. The molecule has 1 atom stereocenters. The fourth-order valence-electron chi connectivity index (χ4n) is 3.36. The first-order valence-corrected chi connectivity index (χ1v) is 8.61. The standard InChI is InChI=1S/C11H15N.C11H12N/c2*1-8-11(2,3)9-6-4-5-7-10(9)12-8/h4-8,12H,1-3H3;4-7H,1H2,2-3H3/q;+1. The smallest absolute Gasteiger partial charge is 0.177 e. The monoisotopic (exact) mass is 319 g/mol. The van der Waals surface area contributed by atoms with E-state index in [9.17, 15) is 0 Å². The molecule has 1 aliphatic carbocycles. The van der Waals surface area contributed by atoms with Gasteiger partial charge < -0.3 is 5.32 Å². The number of hydrogen-bond donors (Lipinski definition) is 1. The fraction of sp³-hybridized carbons (Fsp3) is 0.364. The van der Waals surface area contributed by atoms with Crippen LogP contribution >= 0.6 is 0 Å². The lowest BCUT2D eigenvalue weighted by atomic mass is 9.80. The molecule has 0 amide bonds. The Morgan fingerprint density at radius 3 is 2.54 bits per heavy atom. The van der Waals surface area contributed by atoms with Crippen molar-refractivity contribution in [1.82, 2.24) is 0 Å². The van der Waals surface area contributed by atoms with Crippen molar-refractivity contribution in [1.29, 1.82) is 0 Å². The predicted octanol–water partition coefficient (Wildman–Crippen LogP) is 5.46. The normalized spacial score (nSPS) is 24.5. The molecule has 2 heteroatoms. The van der Waals surface area contributed by atoms with Gasteiger partial charge in [-0.25, -0.2) is 4.99 Å². The van der Waals surface area contributed by atoms with E-state index in [1.807, 2.05) is 12.2 Å². The zero-order chi connectivity index (χ0) is 17.5. The predicted molar refractivity (Wildman–Crippen MR) is 104 cm³/mol. The van der Waals surface area contributed by atoms with Gasteiger partial charge in [-0.15, -0.1) is 0 Å². The Morgan fingerprint density at radius 1 is 1.17 bits per heavy atom. The first kappa shape index (κ1) is 16.6. The van der Waals surface area contributed by atoms with E-state index >= 15 is 0 Å². The minimum atomic E-state index is 0.0244. The van der Waals surface area contributed by atoms with Gasteiger partial charge in [0.15, 0.2) is 5.71 Å². The SMILES string of the molecule is C=C1N=C2C=C[CH+]C=C2C1(C)C.CC1Nc2ccccc2C1(C)C. The molecule has 124 valence electrons. The minimum absolute atomic E-state index is 0.0244. The van der Waals surface area contributed by atoms with Crippen LogP contribution in [0.2, 0.25) is 0 Å². The molecule has 2 heterocycles. The number of para-hydroxylation sites is 1. The van der Waals surface area contributed by atoms with Crippen molar-refractivity contribution in [3.8, 4) is 0 Å². The summed E-state index contributed by atoms with van der Waals surface area (Å²) < 4.78 is 0. The van der Waals surface area contributed by atoms with E-state index in [2.05, 4.69) is 88.3 Å². The highest BCUT2D eigenvalue weighted by Gasteiger charge is 2.41. The first-order chi connectivity index (χ1) is 11.2. The van der Waals surface area contributed by atoms with Crippen molar-refractivity contribution >= 4 is 11.4 Å². The number of anilines is 1. The maximum atomic E-state index is 4.41. The summed E-state index contributed by atoms with van der Waals surface area (Å²) in [6, 6.07) is 9.10. The minimum Gasteiger partial charge on any atom is -0.381 e. The Balaban J connectivity index is 0.000000141. The van der Waals surface area contributed by atoms with E-state index in [0.29, 0.717) is 6.04 Å². The molecule has 4 rings (SSSR count). The maximum Gasteiger partial charge on any atom is 0.177 e. The van der Waals surface area contributed by atoms with E-state index in [1.165, 1.54) is 16.8 Å². The molecule has 1 aromatic rings. The van der Waals surface area contributed by atoms with Crippen LogP contribution in [-0.4, -0.2) is 11.8 Å². The molecule has 0 spiro atoms. The number of nitrogens with zero attached hydrogens (tertiary/aromatic N) is 1. The molecule has 1 N–H and O–H groups in total. The number of allylic oxidation sites excluding steroid dienone is 4. The van der Waals surface area contributed by atoms with E-state index < -0.39 is 0 Å². The Labute approximate surface area is 146 Å². The molecule has 0 saturated heterocycles. The Hall–Kier alpha value is -2.22. The maximum absolute atomic E-state index is 4.41. The van der Waals surface area contributed by atoms with Crippen LogP contribution in [0.15, 0.2) is 65.3 Å². The quantitative estimate of drug-likeness (QED) is 0.631. The second kappa shape index (κ2) is 5.70. The van der Waals surface area contributed by atoms with Crippen LogP contribution < -0.4 is 5.32 Å². The van der Waals surface area contributed by atoms with Gasteiger partial charge in [-0.3, -0.25) is 0 Å². The number of rotatable bonds is 0. The number of nitrogens with one attached hydrogen (secondary N) is 1. The summed E-state index contributed by atoms with van der Waals surface area (Å²) in [5.41, 5.74) is 6.37. The summed E-state index contributed by atoms with van der Waals surface area (Å²) in [6.45, 7) is 15.1. The molecule has 0 aromatic heterocycles. The summed E-state index contributed by atoms with van der Waals surface area (Å²) in [5, 5.41) is 3.49. The van der Waals surface area contributed by atoms with Gasteiger partial charge in [0.1, 0.15) is 0 Å². The van der Waals surface area contributed by atoms with E-state index in [0.717, 1.165) is 11.4 Å². The summed E-state index contributed by atoms with van der Waals surface area (Å²) in [6.07, 6.45) is 8.22. The molecule has 0 radical (unpaired) electrons. The van der Waals surface area contributed by atoms with Crippen LogP contribution in [0, 0.1) is 11.8 Å². The van der Waals surface area contributed by atoms with Crippen LogP contribution in [0.1, 0.15) is 40.2 Å². The van der Waals surface area contributed by atoms with Crippen molar-refractivity contribution in [3.63, 3.8) is 0 Å². The lowest BCUT2D eigenvalue weighted by Crippen LogP contribution is -2.29. The van der Waals surface area contributed by atoms with Crippen molar-refractivity contribution in [3.05, 3.63) is 72.3 Å². The average molecular weight is 319 g/mol. The van der Waals surface area contributed by atoms with Gasteiger partial charge in [-0.05, 0) is 32.4 Å². The molecule has 1 unspecified atom stereocenters. The van der Waals surface area contributed by atoms with E-state index in [1.54, 1.807) is 0 Å². The van der Waals surface area contributed by atoms with Crippen LogP contribution in [0.5, 0.6) is 0 Å². The lowest BCUT2D eigenvalue weighted by molar-refractivity contribution is 0.486. The third-order valence-electron chi connectivity index (χ3n) is 5.63. The van der Waals surface area contributed by atoms with Crippen LogP contribution in [0.3, 0.4) is 0 Å². The first-order valence-electron chi connectivity index (χ1n) is 8.61. The topological polar surface area (TPSA) is 24.4 Å². The number of hydrogen-bond acceptors (Lipinski definition) is 2. The molecule has 2 nitrogen and oxygen atoms in total. The Kier molecular flexibility index (Phi) is 3.95. The van der Waals surface area contributed by atoms with Gasteiger partial charge in [0.2, 0.25) is 0 Å². The fourth-order valence-corrected chi connectivity index (χ4v) is 3.36. The molecule has 0 bridgehead atoms. The molecule has 3 aliphatic rings. The van der Waals surface area contributed by atoms with Gasteiger partial charge in [-0.1, -0.05) is 38.6 Å². The van der Waals surface area contributed by atoms with E-state index in [4.69, 9.17) is 0 Å². The lowest BCUT2D eigenvalue weighted by Gasteiger charge is -2.23. The summed E-state index contributed by atoms with van der Waals surface area (Å²) >= 11 is 0. The van der Waals surface area contributed by atoms with Gasteiger partial charge in [0, 0.05) is 23.6 Å². The second-order valence-corrected chi connectivity index (χ2v) is 7.83. The van der Waals surface area contributed by atoms with E-state index in [-0.39, 0.29) is 10.8 Å². The van der Waals surface area contributed by atoms with Crippen molar-refractivity contribution in [2.24, 2.45) is 10.4 Å². The van der Waals surface area contributed by atoms with Gasteiger partial charge in [0.25, 0.3) is 0 Å². The largest absolute Gasteiger partial charge is 0.381 e.